The molecule has 1 aliphatic rings. The summed E-state index contributed by atoms with van der Waals surface area (Å²) in [5, 5.41) is 3.95. The molecular formula is C12H21N3O2. The fraction of sp³-hybridized carbons (Fsp3) is 0.833. The van der Waals surface area contributed by atoms with Crippen molar-refractivity contribution in [3.8, 4) is 0 Å². The zero-order valence-electron chi connectivity index (χ0n) is 10.4. The summed E-state index contributed by atoms with van der Waals surface area (Å²) < 4.78 is 10.6. The Balaban J connectivity index is 1.94. The fourth-order valence-corrected chi connectivity index (χ4v) is 2.23. The van der Waals surface area contributed by atoms with Crippen LogP contribution in [0.25, 0.3) is 0 Å². The number of aromatic nitrogens is 2. The summed E-state index contributed by atoms with van der Waals surface area (Å²) in [7, 11) is 0. The largest absolute Gasteiger partial charge is 0.380 e. The lowest BCUT2D eigenvalue weighted by Crippen LogP contribution is -2.18. The Kier molecular flexibility index (Phi) is 4.50. The summed E-state index contributed by atoms with van der Waals surface area (Å²) >= 11 is 0. The van der Waals surface area contributed by atoms with Gasteiger partial charge in [0, 0.05) is 12.5 Å². The predicted molar refractivity (Wildman–Crippen MR) is 63.5 cm³/mol. The molecule has 2 rings (SSSR count). The van der Waals surface area contributed by atoms with Gasteiger partial charge in [-0.1, -0.05) is 24.4 Å². The van der Waals surface area contributed by atoms with Gasteiger partial charge in [-0.2, -0.15) is 4.98 Å². The second kappa shape index (κ2) is 6.12. The number of hydrogen-bond donors (Lipinski definition) is 1. The molecule has 1 aliphatic carbocycles. The Morgan fingerprint density at radius 2 is 2.18 bits per heavy atom. The quantitative estimate of drug-likeness (QED) is 0.852. The van der Waals surface area contributed by atoms with Gasteiger partial charge < -0.3 is 15.0 Å². The van der Waals surface area contributed by atoms with E-state index in [1.807, 2.05) is 6.92 Å². The zero-order chi connectivity index (χ0) is 12.1. The fourth-order valence-electron chi connectivity index (χ4n) is 2.23. The first-order valence-electron chi connectivity index (χ1n) is 6.48. The maximum Gasteiger partial charge on any atom is 0.229 e. The first-order valence-corrected chi connectivity index (χ1v) is 6.48. The SMILES string of the molecule is CCOCC(N)c1noc(C2CCCCC2)n1. The lowest BCUT2D eigenvalue weighted by Gasteiger charge is -2.17. The van der Waals surface area contributed by atoms with Crippen LogP contribution in [0.3, 0.4) is 0 Å². The third kappa shape index (κ3) is 3.26. The zero-order valence-corrected chi connectivity index (χ0v) is 10.4. The topological polar surface area (TPSA) is 74.2 Å². The van der Waals surface area contributed by atoms with Crippen LogP contribution in [0.5, 0.6) is 0 Å². The van der Waals surface area contributed by atoms with E-state index in [2.05, 4.69) is 10.1 Å². The lowest BCUT2D eigenvalue weighted by atomic mass is 9.89. The molecule has 1 aromatic rings. The minimum Gasteiger partial charge on any atom is -0.380 e. The Morgan fingerprint density at radius 3 is 2.88 bits per heavy atom. The van der Waals surface area contributed by atoms with Crippen LogP contribution in [0, 0.1) is 0 Å². The van der Waals surface area contributed by atoms with E-state index in [1.54, 1.807) is 0 Å². The van der Waals surface area contributed by atoms with Crippen molar-refractivity contribution in [2.75, 3.05) is 13.2 Å². The van der Waals surface area contributed by atoms with Crippen molar-refractivity contribution in [1.82, 2.24) is 10.1 Å². The molecule has 0 aromatic carbocycles. The van der Waals surface area contributed by atoms with Gasteiger partial charge in [-0.3, -0.25) is 0 Å². The number of ether oxygens (including phenoxy) is 1. The molecule has 96 valence electrons. The number of nitrogens with zero attached hydrogens (tertiary/aromatic N) is 2. The summed E-state index contributed by atoms with van der Waals surface area (Å²) in [6, 6.07) is -0.281. The van der Waals surface area contributed by atoms with Gasteiger partial charge in [0.1, 0.15) is 0 Å². The molecule has 0 spiro atoms. The van der Waals surface area contributed by atoms with E-state index in [9.17, 15) is 0 Å². The summed E-state index contributed by atoms with van der Waals surface area (Å²) in [4.78, 5) is 4.40. The van der Waals surface area contributed by atoms with Gasteiger partial charge >= 0.3 is 0 Å². The third-order valence-corrected chi connectivity index (χ3v) is 3.25. The van der Waals surface area contributed by atoms with Gasteiger partial charge in [-0.05, 0) is 19.8 Å². The molecule has 1 heterocycles. The van der Waals surface area contributed by atoms with Crippen LogP contribution in [0.15, 0.2) is 4.52 Å². The standard InChI is InChI=1S/C12H21N3O2/c1-2-16-8-10(13)11-14-12(17-15-11)9-6-4-3-5-7-9/h9-10H,2-8,13H2,1H3. The van der Waals surface area contributed by atoms with Crippen molar-refractivity contribution in [3.05, 3.63) is 11.7 Å². The van der Waals surface area contributed by atoms with Crippen LogP contribution in [0.4, 0.5) is 0 Å². The summed E-state index contributed by atoms with van der Waals surface area (Å²) in [5.74, 6) is 1.76. The summed E-state index contributed by atoms with van der Waals surface area (Å²) in [5.41, 5.74) is 5.91. The molecule has 0 bridgehead atoms. The van der Waals surface area contributed by atoms with Gasteiger partial charge in [0.05, 0.1) is 12.6 Å². The van der Waals surface area contributed by atoms with E-state index in [0.717, 1.165) is 18.7 Å². The average Bonchev–Trinajstić information content (AvgIpc) is 2.86. The molecule has 0 radical (unpaired) electrons. The maximum atomic E-state index is 5.91. The highest BCUT2D eigenvalue weighted by Crippen LogP contribution is 2.31. The minimum atomic E-state index is -0.281. The molecule has 0 aliphatic heterocycles. The van der Waals surface area contributed by atoms with Gasteiger partial charge in [-0.25, -0.2) is 0 Å². The second-order valence-corrected chi connectivity index (χ2v) is 4.59. The van der Waals surface area contributed by atoms with Gasteiger partial charge in [0.2, 0.25) is 5.89 Å². The molecule has 0 saturated heterocycles. The predicted octanol–water partition coefficient (Wildman–Crippen LogP) is 2.15. The molecule has 2 N–H and O–H groups in total. The van der Waals surface area contributed by atoms with E-state index in [-0.39, 0.29) is 6.04 Å². The summed E-state index contributed by atoms with van der Waals surface area (Å²) in [6.07, 6.45) is 6.15. The lowest BCUT2D eigenvalue weighted by molar-refractivity contribution is 0.130. The highest BCUT2D eigenvalue weighted by Gasteiger charge is 2.23. The Labute approximate surface area is 102 Å². The van der Waals surface area contributed by atoms with Crippen LogP contribution in [0.1, 0.15) is 62.7 Å². The van der Waals surface area contributed by atoms with Crippen molar-refractivity contribution < 1.29 is 9.26 Å². The van der Waals surface area contributed by atoms with E-state index in [1.165, 1.54) is 19.3 Å². The molecule has 17 heavy (non-hydrogen) atoms. The average molecular weight is 239 g/mol. The van der Waals surface area contributed by atoms with Crippen molar-refractivity contribution >= 4 is 0 Å². The van der Waals surface area contributed by atoms with E-state index in [4.69, 9.17) is 15.0 Å². The van der Waals surface area contributed by atoms with E-state index < -0.39 is 0 Å². The molecule has 1 atom stereocenters. The number of nitrogens with two attached hydrogens (primary N) is 1. The van der Waals surface area contributed by atoms with E-state index >= 15 is 0 Å². The molecule has 1 unspecified atom stereocenters. The normalized spacial score (nSPS) is 19.4. The molecule has 1 fully saturated rings. The van der Waals surface area contributed by atoms with Crippen LogP contribution in [0.2, 0.25) is 0 Å². The van der Waals surface area contributed by atoms with Crippen molar-refractivity contribution in [1.29, 1.82) is 0 Å². The summed E-state index contributed by atoms with van der Waals surface area (Å²) in [6.45, 7) is 3.04. The van der Waals surface area contributed by atoms with Gasteiger partial charge in [0.15, 0.2) is 5.82 Å². The first kappa shape index (κ1) is 12.5. The van der Waals surface area contributed by atoms with E-state index in [0.29, 0.717) is 25.0 Å². The van der Waals surface area contributed by atoms with Crippen LogP contribution in [-0.4, -0.2) is 23.4 Å². The Morgan fingerprint density at radius 1 is 1.41 bits per heavy atom. The number of hydrogen-bond acceptors (Lipinski definition) is 5. The Hall–Kier alpha value is -0.940. The smallest absolute Gasteiger partial charge is 0.229 e. The molecule has 5 heteroatoms. The highest BCUT2D eigenvalue weighted by atomic mass is 16.5. The molecule has 5 nitrogen and oxygen atoms in total. The van der Waals surface area contributed by atoms with Crippen LogP contribution >= 0.6 is 0 Å². The van der Waals surface area contributed by atoms with Crippen molar-refractivity contribution in [3.63, 3.8) is 0 Å². The number of rotatable bonds is 5. The first-order chi connectivity index (χ1) is 8.31. The Bertz CT molecular complexity index is 334. The maximum absolute atomic E-state index is 5.91. The minimum absolute atomic E-state index is 0.281. The third-order valence-electron chi connectivity index (χ3n) is 3.25. The van der Waals surface area contributed by atoms with Crippen molar-refractivity contribution in [2.45, 2.75) is 51.0 Å². The monoisotopic (exact) mass is 239 g/mol. The molecule has 1 aromatic heterocycles. The molecule has 0 amide bonds. The van der Waals surface area contributed by atoms with Crippen LogP contribution in [-0.2, 0) is 4.74 Å². The second-order valence-electron chi connectivity index (χ2n) is 4.59. The van der Waals surface area contributed by atoms with Crippen LogP contribution < -0.4 is 5.73 Å². The van der Waals surface area contributed by atoms with Gasteiger partial charge in [0.25, 0.3) is 0 Å². The molecular weight excluding hydrogens is 218 g/mol. The molecule has 1 saturated carbocycles. The van der Waals surface area contributed by atoms with Gasteiger partial charge in [-0.15, -0.1) is 0 Å². The van der Waals surface area contributed by atoms with Crippen molar-refractivity contribution in [2.24, 2.45) is 5.73 Å². The highest BCUT2D eigenvalue weighted by molar-refractivity contribution is 4.98.